The van der Waals surface area contributed by atoms with Gasteiger partial charge in [-0.25, -0.2) is 0 Å². The van der Waals surface area contributed by atoms with Crippen LogP contribution in [-0.4, -0.2) is 38.6 Å². The standard InChI is InChI=1S/C14H28N2/c1-16(2)8-4-3-7-15-11-14-10-12-5-6-13(14)9-12/h12-15H,3-11H2,1-2H3. The van der Waals surface area contributed by atoms with E-state index in [1.165, 1.54) is 51.7 Å². The molecule has 0 aromatic carbocycles. The molecule has 2 fully saturated rings. The van der Waals surface area contributed by atoms with Crippen molar-refractivity contribution in [2.24, 2.45) is 17.8 Å². The molecule has 1 N–H and O–H groups in total. The Morgan fingerprint density at radius 3 is 2.62 bits per heavy atom. The lowest BCUT2D eigenvalue weighted by Crippen LogP contribution is -2.27. The summed E-state index contributed by atoms with van der Waals surface area (Å²) in [5.74, 6) is 3.21. The minimum absolute atomic E-state index is 1.02. The zero-order valence-corrected chi connectivity index (χ0v) is 11.0. The Bertz CT molecular complexity index is 203. The van der Waals surface area contributed by atoms with Crippen LogP contribution in [0.4, 0.5) is 0 Å². The number of hydrogen-bond acceptors (Lipinski definition) is 2. The summed E-state index contributed by atoms with van der Waals surface area (Å²) in [5.41, 5.74) is 0. The van der Waals surface area contributed by atoms with Crippen molar-refractivity contribution in [3.8, 4) is 0 Å². The molecule has 0 aliphatic heterocycles. The molecule has 2 aliphatic carbocycles. The first kappa shape index (κ1) is 12.4. The molecule has 0 aromatic rings. The number of nitrogens with zero attached hydrogens (tertiary/aromatic N) is 1. The Morgan fingerprint density at radius 1 is 1.12 bits per heavy atom. The topological polar surface area (TPSA) is 15.3 Å². The van der Waals surface area contributed by atoms with Crippen molar-refractivity contribution in [1.29, 1.82) is 0 Å². The number of nitrogens with one attached hydrogen (secondary N) is 1. The minimum atomic E-state index is 1.02. The Hall–Kier alpha value is -0.0800. The summed E-state index contributed by atoms with van der Waals surface area (Å²) >= 11 is 0. The molecule has 2 aliphatic rings. The van der Waals surface area contributed by atoms with Gasteiger partial charge in [0.2, 0.25) is 0 Å². The number of fused-ring (bicyclic) bond motifs is 2. The second kappa shape index (κ2) is 6.02. The monoisotopic (exact) mass is 224 g/mol. The van der Waals surface area contributed by atoms with Gasteiger partial charge in [-0.3, -0.25) is 0 Å². The molecule has 94 valence electrons. The molecule has 0 amide bonds. The van der Waals surface area contributed by atoms with Gasteiger partial charge in [-0.2, -0.15) is 0 Å². The molecular weight excluding hydrogens is 196 g/mol. The van der Waals surface area contributed by atoms with Crippen LogP contribution < -0.4 is 5.32 Å². The lowest BCUT2D eigenvalue weighted by molar-refractivity contribution is 0.316. The molecule has 0 saturated heterocycles. The highest BCUT2D eigenvalue weighted by atomic mass is 15.0. The van der Waals surface area contributed by atoms with Gasteiger partial charge in [-0.15, -0.1) is 0 Å². The normalized spacial score (nSPS) is 32.8. The van der Waals surface area contributed by atoms with E-state index in [9.17, 15) is 0 Å². The van der Waals surface area contributed by atoms with E-state index in [4.69, 9.17) is 0 Å². The van der Waals surface area contributed by atoms with Gasteiger partial charge < -0.3 is 10.2 Å². The first-order valence-corrected chi connectivity index (χ1v) is 7.11. The van der Waals surface area contributed by atoms with Crippen LogP contribution in [0.2, 0.25) is 0 Å². The highest BCUT2D eigenvalue weighted by Gasteiger charge is 2.38. The van der Waals surface area contributed by atoms with Gasteiger partial charge in [0.05, 0.1) is 0 Å². The predicted octanol–water partition coefficient (Wildman–Crippen LogP) is 2.35. The smallest absolute Gasteiger partial charge is 0.00178 e. The first-order chi connectivity index (χ1) is 7.75. The maximum atomic E-state index is 3.67. The third kappa shape index (κ3) is 3.46. The molecule has 3 atom stereocenters. The lowest BCUT2D eigenvalue weighted by Gasteiger charge is -2.21. The van der Waals surface area contributed by atoms with Gasteiger partial charge in [0.15, 0.2) is 0 Å². The van der Waals surface area contributed by atoms with E-state index in [0.717, 1.165) is 17.8 Å². The maximum Gasteiger partial charge on any atom is -0.00178 e. The van der Waals surface area contributed by atoms with Crippen molar-refractivity contribution in [1.82, 2.24) is 10.2 Å². The number of rotatable bonds is 7. The van der Waals surface area contributed by atoms with E-state index in [0.29, 0.717) is 0 Å². The Kier molecular flexibility index (Phi) is 4.66. The Morgan fingerprint density at radius 2 is 2.00 bits per heavy atom. The van der Waals surface area contributed by atoms with Gasteiger partial charge >= 0.3 is 0 Å². The van der Waals surface area contributed by atoms with Crippen LogP contribution in [0.1, 0.15) is 38.5 Å². The highest BCUT2D eigenvalue weighted by molar-refractivity contribution is 4.90. The van der Waals surface area contributed by atoms with Gasteiger partial charge in [0.1, 0.15) is 0 Å². The Balaban J connectivity index is 1.46. The molecule has 2 nitrogen and oxygen atoms in total. The van der Waals surface area contributed by atoms with Crippen LogP contribution in [-0.2, 0) is 0 Å². The largest absolute Gasteiger partial charge is 0.316 e. The van der Waals surface area contributed by atoms with Crippen molar-refractivity contribution in [2.75, 3.05) is 33.7 Å². The third-order valence-electron chi connectivity index (χ3n) is 4.50. The zero-order chi connectivity index (χ0) is 11.4. The molecule has 0 radical (unpaired) electrons. The van der Waals surface area contributed by atoms with E-state index in [1.54, 1.807) is 6.42 Å². The van der Waals surface area contributed by atoms with Crippen molar-refractivity contribution < 1.29 is 0 Å². The highest BCUT2D eigenvalue weighted by Crippen LogP contribution is 2.47. The molecule has 0 aromatic heterocycles. The summed E-state index contributed by atoms with van der Waals surface area (Å²) in [5, 5.41) is 3.67. The van der Waals surface area contributed by atoms with E-state index in [1.807, 2.05) is 0 Å². The van der Waals surface area contributed by atoms with Crippen LogP contribution in [0.15, 0.2) is 0 Å². The second-order valence-electron chi connectivity index (χ2n) is 6.15. The van der Waals surface area contributed by atoms with Crippen LogP contribution >= 0.6 is 0 Å². The summed E-state index contributed by atoms with van der Waals surface area (Å²) in [6, 6.07) is 0. The van der Waals surface area contributed by atoms with Crippen LogP contribution in [0.3, 0.4) is 0 Å². The fourth-order valence-corrected chi connectivity index (χ4v) is 3.59. The van der Waals surface area contributed by atoms with Crippen LogP contribution in [0.25, 0.3) is 0 Å². The molecule has 3 unspecified atom stereocenters. The predicted molar refractivity (Wildman–Crippen MR) is 69.6 cm³/mol. The summed E-state index contributed by atoms with van der Waals surface area (Å²) < 4.78 is 0. The minimum Gasteiger partial charge on any atom is -0.316 e. The number of hydrogen-bond donors (Lipinski definition) is 1. The van der Waals surface area contributed by atoms with Gasteiger partial charge in [0, 0.05) is 0 Å². The van der Waals surface area contributed by atoms with E-state index < -0.39 is 0 Å². The van der Waals surface area contributed by atoms with Gasteiger partial charge in [-0.05, 0) is 83.6 Å². The van der Waals surface area contributed by atoms with Crippen molar-refractivity contribution in [3.63, 3.8) is 0 Å². The molecule has 2 rings (SSSR count). The molecule has 16 heavy (non-hydrogen) atoms. The lowest BCUT2D eigenvalue weighted by atomic mass is 9.89. The molecule has 0 spiro atoms. The molecule has 0 heterocycles. The second-order valence-corrected chi connectivity index (χ2v) is 6.15. The first-order valence-electron chi connectivity index (χ1n) is 7.11. The quantitative estimate of drug-likeness (QED) is 0.668. The van der Waals surface area contributed by atoms with Crippen LogP contribution in [0.5, 0.6) is 0 Å². The van der Waals surface area contributed by atoms with Crippen LogP contribution in [0, 0.1) is 17.8 Å². The van der Waals surface area contributed by atoms with Gasteiger partial charge in [0.25, 0.3) is 0 Å². The molecular formula is C14H28N2. The fraction of sp³-hybridized carbons (Fsp3) is 1.00. The SMILES string of the molecule is CN(C)CCCCNCC1CC2CCC1C2. The van der Waals surface area contributed by atoms with Crippen molar-refractivity contribution >= 4 is 0 Å². The average molecular weight is 224 g/mol. The third-order valence-corrected chi connectivity index (χ3v) is 4.50. The zero-order valence-electron chi connectivity index (χ0n) is 11.0. The summed E-state index contributed by atoms with van der Waals surface area (Å²) in [4.78, 5) is 2.27. The van der Waals surface area contributed by atoms with Crippen molar-refractivity contribution in [3.05, 3.63) is 0 Å². The molecule has 2 saturated carbocycles. The summed E-state index contributed by atoms with van der Waals surface area (Å²) in [6.07, 6.45) is 8.79. The van der Waals surface area contributed by atoms with E-state index >= 15 is 0 Å². The average Bonchev–Trinajstić information content (AvgIpc) is 2.84. The van der Waals surface area contributed by atoms with Gasteiger partial charge in [-0.1, -0.05) is 6.42 Å². The number of unbranched alkanes of at least 4 members (excludes halogenated alkanes) is 1. The Labute approximate surface area is 101 Å². The molecule has 2 bridgehead atoms. The van der Waals surface area contributed by atoms with E-state index in [2.05, 4.69) is 24.3 Å². The summed E-state index contributed by atoms with van der Waals surface area (Å²) in [6.45, 7) is 3.75. The fourth-order valence-electron chi connectivity index (χ4n) is 3.59. The summed E-state index contributed by atoms with van der Waals surface area (Å²) in [7, 11) is 4.31. The van der Waals surface area contributed by atoms with Crippen molar-refractivity contribution in [2.45, 2.75) is 38.5 Å². The van der Waals surface area contributed by atoms with E-state index in [-0.39, 0.29) is 0 Å². The maximum absolute atomic E-state index is 3.67. The molecule has 2 heteroatoms.